The van der Waals surface area contributed by atoms with Crippen LogP contribution in [0.5, 0.6) is 0 Å². The second kappa shape index (κ2) is 6.54. The van der Waals surface area contributed by atoms with Crippen LogP contribution < -0.4 is 5.32 Å². The van der Waals surface area contributed by atoms with Crippen molar-refractivity contribution in [3.63, 3.8) is 0 Å². The van der Waals surface area contributed by atoms with Crippen molar-refractivity contribution >= 4 is 28.7 Å². The van der Waals surface area contributed by atoms with E-state index in [4.69, 9.17) is 9.15 Å². The van der Waals surface area contributed by atoms with E-state index in [0.717, 1.165) is 11.1 Å². The number of fused-ring (bicyclic) bond motifs is 1. The molecule has 0 fully saturated rings. The fourth-order valence-corrected chi connectivity index (χ4v) is 2.34. The summed E-state index contributed by atoms with van der Waals surface area (Å²) in [5, 5.41) is 2.73. The Labute approximate surface area is 138 Å². The second-order valence-electron chi connectivity index (χ2n) is 5.48. The molecule has 0 aliphatic heterocycles. The van der Waals surface area contributed by atoms with Crippen LogP contribution >= 0.6 is 0 Å². The topological polar surface area (TPSA) is 81.4 Å². The molecule has 0 bridgehead atoms. The highest BCUT2D eigenvalue weighted by atomic mass is 16.5. The van der Waals surface area contributed by atoms with Gasteiger partial charge in [0.2, 0.25) is 0 Å². The number of aryl methyl sites for hydroxylation is 2. The summed E-state index contributed by atoms with van der Waals surface area (Å²) >= 11 is 0. The van der Waals surface area contributed by atoms with E-state index in [-0.39, 0.29) is 6.61 Å². The Hall–Kier alpha value is -3.15. The zero-order valence-corrected chi connectivity index (χ0v) is 13.3. The van der Waals surface area contributed by atoms with Gasteiger partial charge in [-0.2, -0.15) is 0 Å². The predicted molar refractivity (Wildman–Crippen MR) is 88.8 cm³/mol. The maximum Gasteiger partial charge on any atom is 0.338 e. The molecule has 24 heavy (non-hydrogen) atoms. The molecule has 6 heteroatoms. The summed E-state index contributed by atoms with van der Waals surface area (Å²) in [5.41, 5.74) is 4.21. The van der Waals surface area contributed by atoms with Crippen molar-refractivity contribution in [1.82, 2.24) is 4.98 Å². The summed E-state index contributed by atoms with van der Waals surface area (Å²) < 4.78 is 10.2. The molecule has 1 aromatic heterocycles. The van der Waals surface area contributed by atoms with Crippen LogP contribution in [0.15, 0.2) is 47.2 Å². The lowest BCUT2D eigenvalue weighted by Crippen LogP contribution is -2.21. The number of nitrogens with zero attached hydrogens (tertiary/aromatic N) is 1. The zero-order valence-electron chi connectivity index (χ0n) is 13.3. The van der Waals surface area contributed by atoms with E-state index < -0.39 is 11.9 Å². The van der Waals surface area contributed by atoms with Gasteiger partial charge in [-0.05, 0) is 43.7 Å². The van der Waals surface area contributed by atoms with Gasteiger partial charge in [0.25, 0.3) is 5.91 Å². The molecule has 3 rings (SSSR count). The van der Waals surface area contributed by atoms with E-state index in [1.165, 1.54) is 12.5 Å². The van der Waals surface area contributed by atoms with Gasteiger partial charge in [-0.15, -0.1) is 0 Å². The maximum atomic E-state index is 12.0. The standard InChI is InChI=1S/C18H16N2O4/c1-11-3-5-14(12(2)7-11)20-17(21)9-23-18(22)13-4-6-15-16(8-13)24-10-19-15/h3-8,10H,9H2,1-2H3,(H,20,21). The normalized spacial score (nSPS) is 10.6. The van der Waals surface area contributed by atoms with Gasteiger partial charge in [0.1, 0.15) is 5.52 Å². The minimum atomic E-state index is -0.593. The minimum Gasteiger partial charge on any atom is -0.452 e. The summed E-state index contributed by atoms with van der Waals surface area (Å²) in [6, 6.07) is 10.5. The number of oxazole rings is 1. The van der Waals surface area contributed by atoms with Gasteiger partial charge in [0.05, 0.1) is 5.56 Å². The number of anilines is 1. The van der Waals surface area contributed by atoms with Crippen LogP contribution in [0, 0.1) is 13.8 Å². The monoisotopic (exact) mass is 324 g/mol. The van der Waals surface area contributed by atoms with Gasteiger partial charge in [0.15, 0.2) is 18.6 Å². The second-order valence-corrected chi connectivity index (χ2v) is 5.48. The van der Waals surface area contributed by atoms with Crippen molar-refractivity contribution < 1.29 is 18.7 Å². The molecule has 1 amide bonds. The van der Waals surface area contributed by atoms with E-state index in [1.54, 1.807) is 12.1 Å². The first-order chi connectivity index (χ1) is 11.5. The van der Waals surface area contributed by atoms with Crippen LogP contribution in [0.2, 0.25) is 0 Å². The number of carbonyl (C=O) groups is 2. The first-order valence-corrected chi connectivity index (χ1v) is 7.40. The number of rotatable bonds is 4. The van der Waals surface area contributed by atoms with Gasteiger partial charge in [-0.1, -0.05) is 17.7 Å². The summed E-state index contributed by atoms with van der Waals surface area (Å²) in [5.74, 6) is -0.986. The molecule has 1 N–H and O–H groups in total. The lowest BCUT2D eigenvalue weighted by atomic mass is 10.1. The number of nitrogens with one attached hydrogen (secondary N) is 1. The number of carbonyl (C=O) groups excluding carboxylic acids is 2. The van der Waals surface area contributed by atoms with Crippen LogP contribution in [0.4, 0.5) is 5.69 Å². The molecule has 0 saturated heterocycles. The highest BCUT2D eigenvalue weighted by Crippen LogP contribution is 2.17. The Morgan fingerprint density at radius 1 is 1.17 bits per heavy atom. The minimum absolute atomic E-state index is 0.304. The Morgan fingerprint density at radius 2 is 2.00 bits per heavy atom. The Bertz CT molecular complexity index is 914. The predicted octanol–water partition coefficient (Wildman–Crippen LogP) is 3.24. The van der Waals surface area contributed by atoms with Crippen molar-refractivity contribution in [2.45, 2.75) is 13.8 Å². The molecule has 0 spiro atoms. The zero-order chi connectivity index (χ0) is 17.1. The first-order valence-electron chi connectivity index (χ1n) is 7.40. The van der Waals surface area contributed by atoms with Crippen LogP contribution in [-0.4, -0.2) is 23.5 Å². The number of hydrogen-bond donors (Lipinski definition) is 1. The van der Waals surface area contributed by atoms with Gasteiger partial charge >= 0.3 is 5.97 Å². The van der Waals surface area contributed by atoms with Gasteiger partial charge in [-0.25, -0.2) is 9.78 Å². The van der Waals surface area contributed by atoms with Gasteiger partial charge < -0.3 is 14.5 Å². The van der Waals surface area contributed by atoms with Crippen molar-refractivity contribution in [3.8, 4) is 0 Å². The van der Waals surface area contributed by atoms with Crippen molar-refractivity contribution in [3.05, 3.63) is 59.5 Å². The van der Waals surface area contributed by atoms with E-state index in [2.05, 4.69) is 10.3 Å². The molecule has 0 radical (unpaired) electrons. The largest absolute Gasteiger partial charge is 0.452 e. The fourth-order valence-electron chi connectivity index (χ4n) is 2.34. The molecule has 0 unspecified atom stereocenters. The van der Waals surface area contributed by atoms with E-state index in [1.807, 2.05) is 32.0 Å². The quantitative estimate of drug-likeness (QED) is 0.745. The third-order valence-corrected chi connectivity index (χ3v) is 3.56. The number of ether oxygens (including phenoxy) is 1. The molecule has 0 atom stereocenters. The summed E-state index contributed by atoms with van der Waals surface area (Å²) in [6.45, 7) is 3.52. The highest BCUT2D eigenvalue weighted by Gasteiger charge is 2.12. The molecule has 2 aromatic carbocycles. The van der Waals surface area contributed by atoms with Crippen molar-refractivity contribution in [2.24, 2.45) is 0 Å². The molecular formula is C18H16N2O4. The summed E-state index contributed by atoms with van der Waals surface area (Å²) in [6.07, 6.45) is 1.30. The molecular weight excluding hydrogens is 308 g/mol. The smallest absolute Gasteiger partial charge is 0.338 e. The molecule has 6 nitrogen and oxygen atoms in total. The molecule has 0 aliphatic rings. The lowest BCUT2D eigenvalue weighted by molar-refractivity contribution is -0.119. The first kappa shape index (κ1) is 15.7. The van der Waals surface area contributed by atoms with Crippen molar-refractivity contribution in [2.75, 3.05) is 11.9 Å². The molecule has 122 valence electrons. The Kier molecular flexibility index (Phi) is 4.29. The van der Waals surface area contributed by atoms with E-state index in [0.29, 0.717) is 22.4 Å². The Morgan fingerprint density at radius 3 is 2.79 bits per heavy atom. The van der Waals surface area contributed by atoms with E-state index in [9.17, 15) is 9.59 Å². The molecule has 3 aromatic rings. The SMILES string of the molecule is Cc1ccc(NC(=O)COC(=O)c2ccc3ncoc3c2)c(C)c1. The third kappa shape index (κ3) is 3.43. The number of amides is 1. The number of esters is 1. The fraction of sp³-hybridized carbons (Fsp3) is 0.167. The van der Waals surface area contributed by atoms with Gasteiger partial charge in [0, 0.05) is 5.69 Å². The average molecular weight is 324 g/mol. The molecule has 0 saturated carbocycles. The number of benzene rings is 2. The van der Waals surface area contributed by atoms with Crippen LogP contribution in [0.1, 0.15) is 21.5 Å². The highest BCUT2D eigenvalue weighted by molar-refractivity contribution is 5.97. The van der Waals surface area contributed by atoms with Crippen molar-refractivity contribution in [1.29, 1.82) is 0 Å². The lowest BCUT2D eigenvalue weighted by Gasteiger charge is -2.09. The third-order valence-electron chi connectivity index (χ3n) is 3.56. The molecule has 1 heterocycles. The van der Waals surface area contributed by atoms with Gasteiger partial charge in [-0.3, -0.25) is 4.79 Å². The summed E-state index contributed by atoms with van der Waals surface area (Å²) in [4.78, 5) is 27.9. The average Bonchev–Trinajstić information content (AvgIpc) is 3.03. The number of hydrogen-bond acceptors (Lipinski definition) is 5. The Balaban J connectivity index is 1.60. The number of aromatic nitrogens is 1. The van der Waals surface area contributed by atoms with Crippen LogP contribution in [-0.2, 0) is 9.53 Å². The van der Waals surface area contributed by atoms with Crippen LogP contribution in [0.3, 0.4) is 0 Å². The molecule has 0 aliphatic carbocycles. The maximum absolute atomic E-state index is 12.0. The summed E-state index contributed by atoms with van der Waals surface area (Å²) in [7, 11) is 0. The van der Waals surface area contributed by atoms with Crippen LogP contribution in [0.25, 0.3) is 11.1 Å². The van der Waals surface area contributed by atoms with E-state index >= 15 is 0 Å².